The summed E-state index contributed by atoms with van der Waals surface area (Å²) in [5.41, 5.74) is 2.38. The van der Waals surface area contributed by atoms with Crippen LogP contribution in [0.2, 0.25) is 0 Å². The zero-order chi connectivity index (χ0) is 17.5. The van der Waals surface area contributed by atoms with Crippen molar-refractivity contribution in [2.24, 2.45) is 0 Å². The largest absolute Gasteiger partial charge is 0.383 e. The third-order valence-electron chi connectivity index (χ3n) is 3.83. The lowest BCUT2D eigenvalue weighted by Crippen LogP contribution is -2.28. The van der Waals surface area contributed by atoms with Crippen LogP contribution in [0.5, 0.6) is 0 Å². The number of aromatic nitrogens is 2. The second-order valence-corrected chi connectivity index (χ2v) is 6.57. The summed E-state index contributed by atoms with van der Waals surface area (Å²) < 4.78 is 7.13. The summed E-state index contributed by atoms with van der Waals surface area (Å²) in [7, 11) is 1.62. The molecule has 3 rings (SSSR count). The molecule has 0 aliphatic heterocycles. The normalized spacial score (nSPS) is 10.9. The fraction of sp³-hybridized carbons (Fsp3) is 0.263. The lowest BCUT2D eigenvalue weighted by molar-refractivity contribution is -0.118. The van der Waals surface area contributed by atoms with Crippen molar-refractivity contribution in [2.45, 2.75) is 11.6 Å². The molecule has 0 aliphatic rings. The van der Waals surface area contributed by atoms with Crippen molar-refractivity contribution in [3.63, 3.8) is 0 Å². The van der Waals surface area contributed by atoms with E-state index in [2.05, 4.69) is 39.3 Å². The molecule has 1 aromatic carbocycles. The Morgan fingerprint density at radius 1 is 1.24 bits per heavy atom. The van der Waals surface area contributed by atoms with Crippen LogP contribution in [0.1, 0.15) is 5.56 Å². The first-order valence-electron chi connectivity index (χ1n) is 8.14. The van der Waals surface area contributed by atoms with Gasteiger partial charge in [-0.25, -0.2) is 4.98 Å². The topological polar surface area (TPSA) is 56.1 Å². The van der Waals surface area contributed by atoms with Gasteiger partial charge in [0.25, 0.3) is 0 Å². The molecule has 130 valence electrons. The van der Waals surface area contributed by atoms with Crippen LogP contribution < -0.4 is 5.32 Å². The lowest BCUT2D eigenvalue weighted by atomic mass is 10.2. The van der Waals surface area contributed by atoms with Gasteiger partial charge in [0.15, 0.2) is 0 Å². The molecular weight excluding hydrogens is 334 g/mol. The van der Waals surface area contributed by atoms with E-state index < -0.39 is 0 Å². The number of benzene rings is 1. The Morgan fingerprint density at radius 3 is 2.88 bits per heavy atom. The summed E-state index contributed by atoms with van der Waals surface area (Å²) in [4.78, 5) is 16.3. The predicted octanol–water partition coefficient (Wildman–Crippen LogP) is 2.94. The minimum Gasteiger partial charge on any atom is -0.383 e. The number of pyridine rings is 1. The summed E-state index contributed by atoms with van der Waals surface area (Å²) >= 11 is 1.46. The number of ether oxygens (including phenoxy) is 1. The van der Waals surface area contributed by atoms with E-state index in [4.69, 9.17) is 4.74 Å². The van der Waals surface area contributed by atoms with E-state index >= 15 is 0 Å². The molecule has 6 heteroatoms. The Balaban J connectivity index is 1.69. The lowest BCUT2D eigenvalue weighted by Gasteiger charge is -2.07. The minimum absolute atomic E-state index is 0.00966. The van der Waals surface area contributed by atoms with Crippen LogP contribution in [0.15, 0.2) is 59.9 Å². The second kappa shape index (κ2) is 8.69. The van der Waals surface area contributed by atoms with Gasteiger partial charge in [-0.15, -0.1) is 0 Å². The van der Waals surface area contributed by atoms with Crippen molar-refractivity contribution in [3.05, 3.63) is 60.4 Å². The molecule has 0 saturated heterocycles. The van der Waals surface area contributed by atoms with E-state index in [9.17, 15) is 4.79 Å². The standard InChI is InChI=1S/C19H21N3O2S/c1-24-12-10-20-18(23)14-25-19-16-8-11-22(17(16)7-9-21-19)13-15-5-3-2-4-6-15/h2-9,11H,10,12-14H2,1H3,(H,20,23). The highest BCUT2D eigenvalue weighted by Crippen LogP contribution is 2.27. The Kier molecular flexibility index (Phi) is 6.09. The Labute approximate surface area is 151 Å². The van der Waals surface area contributed by atoms with Gasteiger partial charge in [0.2, 0.25) is 5.91 Å². The monoisotopic (exact) mass is 355 g/mol. The first-order chi connectivity index (χ1) is 12.3. The van der Waals surface area contributed by atoms with Crippen molar-refractivity contribution in [3.8, 4) is 0 Å². The third-order valence-corrected chi connectivity index (χ3v) is 4.83. The van der Waals surface area contributed by atoms with Gasteiger partial charge in [-0.1, -0.05) is 42.1 Å². The van der Waals surface area contributed by atoms with Crippen LogP contribution in [0.3, 0.4) is 0 Å². The maximum Gasteiger partial charge on any atom is 0.230 e. The summed E-state index contributed by atoms with van der Waals surface area (Å²) in [6.07, 6.45) is 3.87. The van der Waals surface area contributed by atoms with Crippen molar-refractivity contribution < 1.29 is 9.53 Å². The number of amides is 1. The Morgan fingerprint density at radius 2 is 2.08 bits per heavy atom. The number of nitrogens with one attached hydrogen (secondary N) is 1. The Bertz CT molecular complexity index is 833. The first kappa shape index (κ1) is 17.5. The van der Waals surface area contributed by atoms with E-state index in [0.717, 1.165) is 22.5 Å². The van der Waals surface area contributed by atoms with Crippen molar-refractivity contribution in [1.29, 1.82) is 0 Å². The van der Waals surface area contributed by atoms with Gasteiger partial charge >= 0.3 is 0 Å². The number of carbonyl (C=O) groups is 1. The zero-order valence-electron chi connectivity index (χ0n) is 14.1. The van der Waals surface area contributed by atoms with Crippen molar-refractivity contribution in [2.75, 3.05) is 26.0 Å². The fourth-order valence-electron chi connectivity index (χ4n) is 2.61. The summed E-state index contributed by atoms with van der Waals surface area (Å²) in [6, 6.07) is 14.4. The minimum atomic E-state index is -0.00966. The highest BCUT2D eigenvalue weighted by molar-refractivity contribution is 8.00. The van der Waals surface area contributed by atoms with Crippen LogP contribution in [0, 0.1) is 0 Å². The number of thioether (sulfide) groups is 1. The van der Waals surface area contributed by atoms with Gasteiger partial charge in [-0.3, -0.25) is 4.79 Å². The van der Waals surface area contributed by atoms with Gasteiger partial charge in [-0.05, 0) is 17.7 Å². The van der Waals surface area contributed by atoms with Gasteiger partial charge < -0.3 is 14.6 Å². The van der Waals surface area contributed by atoms with Crippen LogP contribution >= 0.6 is 11.8 Å². The number of nitrogens with zero attached hydrogens (tertiary/aromatic N) is 2. The van der Waals surface area contributed by atoms with E-state index in [-0.39, 0.29) is 5.91 Å². The van der Waals surface area contributed by atoms with Gasteiger partial charge in [-0.2, -0.15) is 0 Å². The average molecular weight is 355 g/mol. The second-order valence-electron chi connectivity index (χ2n) is 5.61. The Hall–Kier alpha value is -2.31. The summed E-state index contributed by atoms with van der Waals surface area (Å²) in [5.74, 6) is 0.337. The van der Waals surface area contributed by atoms with E-state index in [0.29, 0.717) is 18.9 Å². The zero-order valence-corrected chi connectivity index (χ0v) is 15.0. The molecular formula is C19H21N3O2S. The van der Waals surface area contributed by atoms with Gasteiger partial charge in [0.05, 0.1) is 17.9 Å². The van der Waals surface area contributed by atoms with Crippen LogP contribution in [0.4, 0.5) is 0 Å². The fourth-order valence-corrected chi connectivity index (χ4v) is 3.44. The highest BCUT2D eigenvalue weighted by Gasteiger charge is 2.10. The van der Waals surface area contributed by atoms with Crippen LogP contribution in [0.25, 0.3) is 10.9 Å². The number of rotatable bonds is 8. The van der Waals surface area contributed by atoms with Gasteiger partial charge in [0.1, 0.15) is 5.03 Å². The first-order valence-corrected chi connectivity index (χ1v) is 9.12. The molecule has 25 heavy (non-hydrogen) atoms. The molecule has 5 nitrogen and oxygen atoms in total. The third kappa shape index (κ3) is 4.61. The van der Waals surface area contributed by atoms with E-state index in [1.54, 1.807) is 13.3 Å². The predicted molar refractivity (Wildman–Crippen MR) is 101 cm³/mol. The highest BCUT2D eigenvalue weighted by atomic mass is 32.2. The number of carbonyl (C=O) groups excluding carboxylic acids is 1. The number of methoxy groups -OCH3 is 1. The summed E-state index contributed by atoms with van der Waals surface area (Å²) in [5, 5.41) is 4.78. The smallest absolute Gasteiger partial charge is 0.230 e. The molecule has 0 spiro atoms. The number of fused-ring (bicyclic) bond motifs is 1. The summed E-state index contributed by atoms with van der Waals surface area (Å²) in [6.45, 7) is 1.86. The molecule has 0 fully saturated rings. The van der Waals surface area contributed by atoms with Crippen molar-refractivity contribution in [1.82, 2.24) is 14.9 Å². The molecule has 2 heterocycles. The van der Waals surface area contributed by atoms with Crippen LogP contribution in [-0.2, 0) is 16.1 Å². The molecule has 1 amide bonds. The molecule has 0 aliphatic carbocycles. The maximum absolute atomic E-state index is 11.9. The molecule has 3 aromatic rings. The molecule has 0 saturated carbocycles. The van der Waals surface area contributed by atoms with Gasteiger partial charge in [0, 0.05) is 38.0 Å². The molecule has 0 radical (unpaired) electrons. The molecule has 1 N–H and O–H groups in total. The quantitative estimate of drug-likeness (QED) is 0.499. The average Bonchev–Trinajstić information content (AvgIpc) is 3.05. The number of hydrogen-bond acceptors (Lipinski definition) is 4. The van der Waals surface area contributed by atoms with E-state index in [1.807, 2.05) is 24.3 Å². The van der Waals surface area contributed by atoms with Crippen molar-refractivity contribution >= 4 is 28.6 Å². The molecule has 0 atom stereocenters. The van der Waals surface area contributed by atoms with E-state index in [1.165, 1.54) is 17.3 Å². The molecule has 2 aromatic heterocycles. The molecule has 0 unspecified atom stereocenters. The number of hydrogen-bond donors (Lipinski definition) is 1. The molecule has 0 bridgehead atoms. The van der Waals surface area contributed by atoms with Crippen LogP contribution in [-0.4, -0.2) is 41.5 Å². The SMILES string of the molecule is COCCNC(=O)CSc1nccc2c1ccn2Cc1ccccc1. The maximum atomic E-state index is 11.9.